The Labute approximate surface area is 111 Å². The molecule has 0 fully saturated rings. The standard InChI is InChI=1S/C12H15ClN4O/c1-7(2)17-6-15-16-12(17)8-4-9(13)10(14)5-11(8)18-3/h4-7H,14H2,1-3H3. The maximum Gasteiger partial charge on any atom is 0.167 e. The molecule has 0 spiro atoms. The molecule has 1 aromatic heterocycles. The summed E-state index contributed by atoms with van der Waals surface area (Å²) in [4.78, 5) is 0. The molecule has 0 aliphatic rings. The molecule has 0 radical (unpaired) electrons. The van der Waals surface area contributed by atoms with Gasteiger partial charge in [-0.1, -0.05) is 11.6 Å². The van der Waals surface area contributed by atoms with Gasteiger partial charge in [0.1, 0.15) is 12.1 Å². The highest BCUT2D eigenvalue weighted by Gasteiger charge is 2.16. The highest BCUT2D eigenvalue weighted by Crippen LogP contribution is 2.35. The summed E-state index contributed by atoms with van der Waals surface area (Å²) < 4.78 is 7.27. The molecular formula is C12H15ClN4O. The molecule has 96 valence electrons. The van der Waals surface area contributed by atoms with Crippen molar-refractivity contribution in [2.75, 3.05) is 12.8 Å². The van der Waals surface area contributed by atoms with Gasteiger partial charge in [-0.2, -0.15) is 0 Å². The Morgan fingerprint density at radius 1 is 1.39 bits per heavy atom. The highest BCUT2D eigenvalue weighted by atomic mass is 35.5. The summed E-state index contributed by atoms with van der Waals surface area (Å²) in [5, 5.41) is 8.53. The predicted octanol–water partition coefficient (Wildman–Crippen LogP) is 2.77. The van der Waals surface area contributed by atoms with Crippen LogP contribution in [0.1, 0.15) is 19.9 Å². The number of nitrogens with zero attached hydrogens (tertiary/aromatic N) is 3. The summed E-state index contributed by atoms with van der Waals surface area (Å²) in [5.74, 6) is 1.34. The SMILES string of the molecule is COc1cc(N)c(Cl)cc1-c1nncn1C(C)C. The second-order valence-corrected chi connectivity index (χ2v) is 4.64. The Bertz CT molecular complexity index is 565. The van der Waals surface area contributed by atoms with E-state index < -0.39 is 0 Å². The van der Waals surface area contributed by atoms with Gasteiger partial charge >= 0.3 is 0 Å². The van der Waals surface area contributed by atoms with E-state index in [0.717, 1.165) is 5.56 Å². The number of nitrogen functional groups attached to an aromatic ring is 1. The van der Waals surface area contributed by atoms with E-state index in [9.17, 15) is 0 Å². The van der Waals surface area contributed by atoms with Crippen LogP contribution in [0, 0.1) is 0 Å². The van der Waals surface area contributed by atoms with Crippen molar-refractivity contribution in [3.8, 4) is 17.1 Å². The van der Waals surface area contributed by atoms with Gasteiger partial charge in [0.25, 0.3) is 0 Å². The van der Waals surface area contributed by atoms with Crippen LogP contribution in [0.2, 0.25) is 5.02 Å². The average molecular weight is 267 g/mol. The van der Waals surface area contributed by atoms with Crippen LogP contribution in [0.5, 0.6) is 5.75 Å². The molecule has 0 saturated carbocycles. The van der Waals surface area contributed by atoms with Gasteiger partial charge in [-0.05, 0) is 19.9 Å². The lowest BCUT2D eigenvalue weighted by molar-refractivity contribution is 0.416. The Balaban J connectivity index is 2.63. The summed E-state index contributed by atoms with van der Waals surface area (Å²) in [6.07, 6.45) is 1.68. The second-order valence-electron chi connectivity index (χ2n) is 4.23. The molecule has 0 atom stereocenters. The Hall–Kier alpha value is -1.75. The fourth-order valence-corrected chi connectivity index (χ4v) is 1.89. The number of anilines is 1. The predicted molar refractivity (Wildman–Crippen MR) is 71.8 cm³/mol. The molecule has 0 aliphatic carbocycles. The van der Waals surface area contributed by atoms with Crippen LogP contribution in [0.15, 0.2) is 18.5 Å². The van der Waals surface area contributed by atoms with Gasteiger partial charge in [0.2, 0.25) is 0 Å². The number of hydrogen-bond donors (Lipinski definition) is 1. The van der Waals surface area contributed by atoms with E-state index in [4.69, 9.17) is 22.1 Å². The zero-order valence-electron chi connectivity index (χ0n) is 10.5. The molecule has 18 heavy (non-hydrogen) atoms. The third-order valence-electron chi connectivity index (χ3n) is 2.69. The first-order valence-electron chi connectivity index (χ1n) is 5.57. The van der Waals surface area contributed by atoms with Gasteiger partial charge in [0, 0.05) is 12.1 Å². The lowest BCUT2D eigenvalue weighted by Crippen LogP contribution is -2.03. The number of benzene rings is 1. The van der Waals surface area contributed by atoms with Crippen LogP contribution < -0.4 is 10.5 Å². The quantitative estimate of drug-likeness (QED) is 0.868. The summed E-state index contributed by atoms with van der Waals surface area (Å²) in [6, 6.07) is 3.69. The Morgan fingerprint density at radius 3 is 2.72 bits per heavy atom. The maximum absolute atomic E-state index is 6.05. The molecule has 0 saturated heterocycles. The molecule has 0 aliphatic heterocycles. The van der Waals surface area contributed by atoms with Crippen LogP contribution in [0.25, 0.3) is 11.4 Å². The minimum Gasteiger partial charge on any atom is -0.496 e. The van der Waals surface area contributed by atoms with E-state index in [2.05, 4.69) is 24.0 Å². The first-order valence-corrected chi connectivity index (χ1v) is 5.95. The molecule has 2 N–H and O–H groups in total. The fourth-order valence-electron chi connectivity index (χ4n) is 1.73. The van der Waals surface area contributed by atoms with Gasteiger partial charge in [0.15, 0.2) is 5.82 Å². The molecule has 0 amide bonds. The maximum atomic E-state index is 6.05. The van der Waals surface area contributed by atoms with Crippen LogP contribution >= 0.6 is 11.6 Å². The fraction of sp³-hybridized carbons (Fsp3) is 0.333. The number of aromatic nitrogens is 3. The molecular weight excluding hydrogens is 252 g/mol. The van der Waals surface area contributed by atoms with E-state index >= 15 is 0 Å². The van der Waals surface area contributed by atoms with Crippen LogP contribution in [0.4, 0.5) is 5.69 Å². The third kappa shape index (κ3) is 2.13. The second kappa shape index (κ2) is 4.86. The monoisotopic (exact) mass is 266 g/mol. The van der Waals surface area contributed by atoms with E-state index in [-0.39, 0.29) is 6.04 Å². The van der Waals surface area contributed by atoms with E-state index in [1.165, 1.54) is 0 Å². The molecule has 1 aromatic carbocycles. The van der Waals surface area contributed by atoms with E-state index in [1.54, 1.807) is 25.6 Å². The summed E-state index contributed by atoms with van der Waals surface area (Å²) in [6.45, 7) is 4.11. The number of ether oxygens (including phenoxy) is 1. The molecule has 0 unspecified atom stereocenters. The number of nitrogens with two attached hydrogens (primary N) is 1. The van der Waals surface area contributed by atoms with Crippen molar-refractivity contribution in [1.29, 1.82) is 0 Å². The first kappa shape index (κ1) is 12.7. The average Bonchev–Trinajstić information content (AvgIpc) is 2.81. The van der Waals surface area contributed by atoms with E-state index in [1.807, 2.05) is 4.57 Å². The Kier molecular flexibility index (Phi) is 3.43. The van der Waals surface area contributed by atoms with Crippen molar-refractivity contribution in [2.45, 2.75) is 19.9 Å². The van der Waals surface area contributed by atoms with Gasteiger partial charge in [0.05, 0.1) is 23.4 Å². The molecule has 0 bridgehead atoms. The summed E-state index contributed by atoms with van der Waals surface area (Å²) >= 11 is 6.05. The number of halogens is 1. The van der Waals surface area contributed by atoms with Gasteiger partial charge in [-0.15, -0.1) is 10.2 Å². The summed E-state index contributed by atoms with van der Waals surface area (Å²) in [5.41, 5.74) is 7.02. The van der Waals surface area contributed by atoms with Crippen molar-refractivity contribution in [3.63, 3.8) is 0 Å². The van der Waals surface area contributed by atoms with Gasteiger partial charge in [-0.3, -0.25) is 0 Å². The molecule has 1 heterocycles. The number of rotatable bonds is 3. The van der Waals surface area contributed by atoms with E-state index in [0.29, 0.717) is 22.3 Å². The smallest absolute Gasteiger partial charge is 0.167 e. The molecule has 2 rings (SSSR count). The minimum absolute atomic E-state index is 0.246. The molecule has 6 heteroatoms. The van der Waals surface area contributed by atoms with Gasteiger partial charge in [-0.25, -0.2) is 0 Å². The first-order chi connectivity index (χ1) is 8.54. The molecule has 2 aromatic rings. The third-order valence-corrected chi connectivity index (χ3v) is 3.02. The van der Waals surface area contributed by atoms with Crippen molar-refractivity contribution in [3.05, 3.63) is 23.5 Å². The minimum atomic E-state index is 0.246. The number of hydrogen-bond acceptors (Lipinski definition) is 4. The van der Waals surface area contributed by atoms with Crippen LogP contribution in [0.3, 0.4) is 0 Å². The molecule has 5 nitrogen and oxygen atoms in total. The van der Waals surface area contributed by atoms with Crippen molar-refractivity contribution in [1.82, 2.24) is 14.8 Å². The number of methoxy groups -OCH3 is 1. The van der Waals surface area contributed by atoms with Crippen LogP contribution in [-0.2, 0) is 0 Å². The lowest BCUT2D eigenvalue weighted by atomic mass is 10.1. The normalized spacial score (nSPS) is 10.9. The lowest BCUT2D eigenvalue weighted by Gasteiger charge is -2.13. The zero-order valence-corrected chi connectivity index (χ0v) is 11.3. The highest BCUT2D eigenvalue weighted by molar-refractivity contribution is 6.33. The largest absolute Gasteiger partial charge is 0.496 e. The van der Waals surface area contributed by atoms with Crippen molar-refractivity contribution >= 4 is 17.3 Å². The summed E-state index contributed by atoms with van der Waals surface area (Å²) in [7, 11) is 1.59. The topological polar surface area (TPSA) is 66.0 Å². The zero-order chi connectivity index (χ0) is 13.3. The Morgan fingerprint density at radius 2 is 2.11 bits per heavy atom. The van der Waals surface area contributed by atoms with Crippen molar-refractivity contribution in [2.24, 2.45) is 0 Å². The van der Waals surface area contributed by atoms with Gasteiger partial charge < -0.3 is 15.0 Å². The van der Waals surface area contributed by atoms with Crippen LogP contribution in [-0.4, -0.2) is 21.9 Å². The van der Waals surface area contributed by atoms with Crippen molar-refractivity contribution < 1.29 is 4.74 Å².